The number of hydrogen-bond acceptors (Lipinski definition) is 4. The van der Waals surface area contributed by atoms with Crippen LogP contribution in [-0.2, 0) is 19.1 Å². The summed E-state index contributed by atoms with van der Waals surface area (Å²) in [5, 5.41) is 0. The molecule has 92 valence electrons. The molecular formula is C12H20O4. The molecule has 0 heterocycles. The molecule has 0 amide bonds. The van der Waals surface area contributed by atoms with Gasteiger partial charge in [-0.05, 0) is 27.2 Å². The molecule has 16 heavy (non-hydrogen) atoms. The van der Waals surface area contributed by atoms with E-state index in [1.165, 1.54) is 0 Å². The van der Waals surface area contributed by atoms with Crippen LogP contribution in [0, 0.1) is 5.92 Å². The summed E-state index contributed by atoms with van der Waals surface area (Å²) in [6.45, 7) is 7.71. The zero-order valence-electron chi connectivity index (χ0n) is 10.4. The molecule has 4 heteroatoms. The van der Waals surface area contributed by atoms with E-state index in [-0.39, 0.29) is 17.9 Å². The summed E-state index contributed by atoms with van der Waals surface area (Å²) in [4.78, 5) is 22.5. The fourth-order valence-corrected chi connectivity index (χ4v) is 1.06. The number of allylic oxidation sites excluding steroid dienone is 1. The number of carbonyl (C=O) groups excluding carboxylic acids is 2. The maximum Gasteiger partial charge on any atom is 0.333 e. The number of ether oxygens (including phenoxy) is 2. The summed E-state index contributed by atoms with van der Waals surface area (Å²) in [6.07, 6.45) is 2.20. The molecule has 0 saturated heterocycles. The van der Waals surface area contributed by atoms with E-state index in [1.54, 1.807) is 33.8 Å². The third kappa shape index (κ3) is 5.53. The van der Waals surface area contributed by atoms with Crippen LogP contribution in [0.2, 0.25) is 0 Å². The van der Waals surface area contributed by atoms with Gasteiger partial charge in [-0.15, -0.1) is 0 Å². The Bertz CT molecular complexity index is 268. The van der Waals surface area contributed by atoms with Crippen molar-refractivity contribution in [3.05, 3.63) is 11.6 Å². The maximum absolute atomic E-state index is 11.3. The van der Waals surface area contributed by atoms with Crippen LogP contribution in [0.3, 0.4) is 0 Å². The van der Waals surface area contributed by atoms with Crippen LogP contribution in [0.1, 0.15) is 34.1 Å². The summed E-state index contributed by atoms with van der Waals surface area (Å²) in [5.74, 6) is -0.807. The number of esters is 2. The van der Waals surface area contributed by atoms with Crippen molar-refractivity contribution in [2.45, 2.75) is 34.1 Å². The van der Waals surface area contributed by atoms with Gasteiger partial charge in [0.05, 0.1) is 19.1 Å². The van der Waals surface area contributed by atoms with Gasteiger partial charge < -0.3 is 9.47 Å². The van der Waals surface area contributed by atoms with Crippen molar-refractivity contribution in [1.82, 2.24) is 0 Å². The monoisotopic (exact) mass is 228 g/mol. The third-order valence-electron chi connectivity index (χ3n) is 2.06. The molecule has 0 radical (unpaired) electrons. The minimum atomic E-state index is -0.335. The van der Waals surface area contributed by atoms with Crippen LogP contribution in [-0.4, -0.2) is 25.2 Å². The molecule has 4 nitrogen and oxygen atoms in total. The van der Waals surface area contributed by atoms with E-state index in [4.69, 9.17) is 9.47 Å². The third-order valence-corrected chi connectivity index (χ3v) is 2.06. The molecule has 0 saturated carbocycles. The minimum absolute atomic E-state index is 0.232. The standard InChI is InChI=1S/C12H20O4/c1-5-15-11(13)9(3)7-8-10(4)12(14)16-6-2/h7,10H,5-6,8H2,1-4H3/b9-7+. The van der Waals surface area contributed by atoms with Crippen molar-refractivity contribution >= 4 is 11.9 Å². The fraction of sp³-hybridized carbons (Fsp3) is 0.667. The van der Waals surface area contributed by atoms with Gasteiger partial charge in [0.25, 0.3) is 0 Å². The maximum atomic E-state index is 11.3. The van der Waals surface area contributed by atoms with E-state index < -0.39 is 0 Å². The van der Waals surface area contributed by atoms with Crippen LogP contribution in [0.4, 0.5) is 0 Å². The van der Waals surface area contributed by atoms with Gasteiger partial charge in [-0.2, -0.15) is 0 Å². The fourth-order valence-electron chi connectivity index (χ4n) is 1.06. The first kappa shape index (κ1) is 14.7. The molecule has 1 atom stereocenters. The Labute approximate surface area is 96.6 Å². The molecule has 0 bridgehead atoms. The topological polar surface area (TPSA) is 52.6 Å². The van der Waals surface area contributed by atoms with Crippen LogP contribution in [0.15, 0.2) is 11.6 Å². The summed E-state index contributed by atoms with van der Waals surface area (Å²) in [5.41, 5.74) is 0.526. The Morgan fingerprint density at radius 1 is 1.19 bits per heavy atom. The second kappa shape index (κ2) is 7.91. The molecule has 0 fully saturated rings. The Kier molecular flexibility index (Phi) is 7.25. The lowest BCUT2D eigenvalue weighted by atomic mass is 10.1. The molecule has 0 aromatic carbocycles. The van der Waals surface area contributed by atoms with E-state index in [2.05, 4.69) is 0 Å². The van der Waals surface area contributed by atoms with Crippen LogP contribution in [0.25, 0.3) is 0 Å². The first-order valence-electron chi connectivity index (χ1n) is 5.53. The molecule has 0 aromatic rings. The Morgan fingerprint density at radius 3 is 2.25 bits per heavy atom. The van der Waals surface area contributed by atoms with Crippen LogP contribution < -0.4 is 0 Å². The van der Waals surface area contributed by atoms with Gasteiger partial charge in [0, 0.05) is 5.57 Å². The van der Waals surface area contributed by atoms with Gasteiger partial charge in [0.2, 0.25) is 0 Å². The Hall–Kier alpha value is -1.32. The molecule has 0 spiro atoms. The summed E-state index contributed by atoms with van der Waals surface area (Å²) in [6, 6.07) is 0. The molecule has 1 unspecified atom stereocenters. The van der Waals surface area contributed by atoms with Gasteiger partial charge in [0.15, 0.2) is 0 Å². The lowest BCUT2D eigenvalue weighted by Crippen LogP contribution is -2.14. The number of hydrogen-bond donors (Lipinski definition) is 0. The first-order chi connectivity index (χ1) is 7.52. The zero-order chi connectivity index (χ0) is 12.6. The zero-order valence-corrected chi connectivity index (χ0v) is 10.4. The number of rotatable bonds is 6. The lowest BCUT2D eigenvalue weighted by Gasteiger charge is -2.08. The number of carbonyl (C=O) groups is 2. The summed E-state index contributed by atoms with van der Waals surface area (Å²) >= 11 is 0. The lowest BCUT2D eigenvalue weighted by molar-refractivity contribution is -0.147. The van der Waals surface area contributed by atoms with Crippen molar-refractivity contribution in [1.29, 1.82) is 0 Å². The molecule has 0 aromatic heterocycles. The smallest absolute Gasteiger partial charge is 0.333 e. The molecule has 0 aliphatic rings. The summed E-state index contributed by atoms with van der Waals surface area (Å²) in [7, 11) is 0. The predicted octanol–water partition coefficient (Wildman–Crippen LogP) is 2.09. The van der Waals surface area contributed by atoms with Gasteiger partial charge in [-0.25, -0.2) is 4.79 Å². The average molecular weight is 228 g/mol. The van der Waals surface area contributed by atoms with E-state index >= 15 is 0 Å². The second-order valence-electron chi connectivity index (χ2n) is 3.50. The highest BCUT2D eigenvalue weighted by Crippen LogP contribution is 2.08. The van der Waals surface area contributed by atoms with E-state index in [0.29, 0.717) is 25.2 Å². The van der Waals surface area contributed by atoms with Crippen LogP contribution >= 0.6 is 0 Å². The minimum Gasteiger partial charge on any atom is -0.466 e. The highest BCUT2D eigenvalue weighted by molar-refractivity contribution is 5.87. The Balaban J connectivity index is 4.15. The van der Waals surface area contributed by atoms with E-state index in [9.17, 15) is 9.59 Å². The largest absolute Gasteiger partial charge is 0.466 e. The normalized spacial score (nSPS) is 13.1. The van der Waals surface area contributed by atoms with Gasteiger partial charge >= 0.3 is 11.9 Å². The highest BCUT2D eigenvalue weighted by Gasteiger charge is 2.13. The van der Waals surface area contributed by atoms with Crippen molar-refractivity contribution in [3.63, 3.8) is 0 Å². The molecular weight excluding hydrogens is 208 g/mol. The quantitative estimate of drug-likeness (QED) is 0.516. The molecule has 0 aliphatic heterocycles. The van der Waals surface area contributed by atoms with Crippen molar-refractivity contribution in [3.8, 4) is 0 Å². The Morgan fingerprint density at radius 2 is 1.75 bits per heavy atom. The van der Waals surface area contributed by atoms with Crippen LogP contribution in [0.5, 0.6) is 0 Å². The summed E-state index contributed by atoms with van der Waals surface area (Å²) < 4.78 is 9.68. The average Bonchev–Trinajstić information content (AvgIpc) is 2.25. The first-order valence-corrected chi connectivity index (χ1v) is 5.53. The van der Waals surface area contributed by atoms with E-state index in [1.807, 2.05) is 0 Å². The predicted molar refractivity (Wildman–Crippen MR) is 60.8 cm³/mol. The molecule has 0 rings (SSSR count). The van der Waals surface area contributed by atoms with Gasteiger partial charge in [-0.1, -0.05) is 13.0 Å². The second-order valence-corrected chi connectivity index (χ2v) is 3.50. The highest BCUT2D eigenvalue weighted by atomic mass is 16.5. The molecule has 0 aliphatic carbocycles. The van der Waals surface area contributed by atoms with Crippen molar-refractivity contribution in [2.75, 3.05) is 13.2 Å². The van der Waals surface area contributed by atoms with Crippen molar-refractivity contribution in [2.24, 2.45) is 5.92 Å². The van der Waals surface area contributed by atoms with Gasteiger partial charge in [-0.3, -0.25) is 4.79 Å². The van der Waals surface area contributed by atoms with Gasteiger partial charge in [0.1, 0.15) is 0 Å². The van der Waals surface area contributed by atoms with E-state index in [0.717, 1.165) is 0 Å². The SMILES string of the molecule is CCOC(=O)/C(C)=C/CC(C)C(=O)OCC. The molecule has 0 N–H and O–H groups in total. The van der Waals surface area contributed by atoms with Crippen molar-refractivity contribution < 1.29 is 19.1 Å².